The highest BCUT2D eigenvalue weighted by molar-refractivity contribution is 6.62. The van der Waals surface area contributed by atoms with E-state index < -0.39 is 0 Å². The molecule has 0 radical (unpaired) electrons. The van der Waals surface area contributed by atoms with Crippen LogP contribution in [0.25, 0.3) is 0 Å². The summed E-state index contributed by atoms with van der Waals surface area (Å²) in [4.78, 5) is 0. The molecule has 3 rings (SSSR count). The van der Waals surface area contributed by atoms with Crippen molar-refractivity contribution < 1.29 is 14.0 Å². The van der Waals surface area contributed by atoms with Gasteiger partial charge in [0.15, 0.2) is 0 Å². The first-order chi connectivity index (χ1) is 9.81. The number of benzene rings is 2. The normalized spacial score (nSPS) is 17.3. The van der Waals surface area contributed by atoms with Crippen LogP contribution in [-0.2, 0) is 4.65 Å². The molecule has 0 saturated heterocycles. The molecule has 0 bridgehead atoms. The first kappa shape index (κ1) is 13.1. The minimum absolute atomic E-state index is 0.0269. The molecule has 102 valence electrons. The molecule has 1 unspecified atom stereocenters. The summed E-state index contributed by atoms with van der Waals surface area (Å²) in [6, 6.07) is 15.9. The maximum absolute atomic E-state index is 6.07. The molecule has 2 aromatic rings. The Hall–Kier alpha value is -1.94. The van der Waals surface area contributed by atoms with Crippen LogP contribution in [0.5, 0.6) is 11.5 Å². The van der Waals surface area contributed by atoms with Gasteiger partial charge in [-0.3, -0.25) is 0 Å². The van der Waals surface area contributed by atoms with Crippen molar-refractivity contribution in [3.05, 3.63) is 54.1 Å². The Kier molecular flexibility index (Phi) is 3.65. The van der Waals surface area contributed by atoms with E-state index in [0.29, 0.717) is 0 Å². The molecule has 3 nitrogen and oxygen atoms in total. The van der Waals surface area contributed by atoms with Gasteiger partial charge >= 0.3 is 7.12 Å². The van der Waals surface area contributed by atoms with E-state index in [9.17, 15) is 0 Å². The van der Waals surface area contributed by atoms with E-state index in [1.807, 2.05) is 48.5 Å². The van der Waals surface area contributed by atoms with Gasteiger partial charge in [-0.25, -0.2) is 0 Å². The molecule has 20 heavy (non-hydrogen) atoms. The molecule has 0 aromatic heterocycles. The molecule has 0 spiro atoms. The van der Waals surface area contributed by atoms with Gasteiger partial charge in [-0.2, -0.15) is 0 Å². The van der Waals surface area contributed by atoms with Crippen molar-refractivity contribution in [1.82, 2.24) is 0 Å². The van der Waals surface area contributed by atoms with Gasteiger partial charge in [0.05, 0.1) is 13.2 Å². The van der Waals surface area contributed by atoms with Crippen molar-refractivity contribution in [1.29, 1.82) is 0 Å². The number of methoxy groups -OCH3 is 1. The van der Waals surface area contributed by atoms with Crippen molar-refractivity contribution >= 4 is 12.6 Å². The van der Waals surface area contributed by atoms with Crippen LogP contribution < -0.4 is 14.9 Å². The molecular formula is C16H17BO3. The van der Waals surface area contributed by atoms with E-state index in [0.717, 1.165) is 28.9 Å². The lowest BCUT2D eigenvalue weighted by Gasteiger charge is -2.30. The van der Waals surface area contributed by atoms with Crippen LogP contribution in [-0.4, -0.2) is 14.2 Å². The second-order valence-electron chi connectivity index (χ2n) is 4.80. The molecule has 1 aliphatic rings. The molecule has 2 aromatic carbocycles. The third-order valence-corrected chi connectivity index (χ3v) is 3.53. The molecule has 0 amide bonds. The summed E-state index contributed by atoms with van der Waals surface area (Å²) in [6.45, 7) is 2.11. The van der Waals surface area contributed by atoms with E-state index in [2.05, 4.69) is 6.92 Å². The van der Waals surface area contributed by atoms with Gasteiger partial charge in [0.1, 0.15) is 11.5 Å². The lowest BCUT2D eigenvalue weighted by molar-refractivity contribution is 0.153. The average molecular weight is 268 g/mol. The van der Waals surface area contributed by atoms with E-state index in [1.54, 1.807) is 7.11 Å². The summed E-state index contributed by atoms with van der Waals surface area (Å²) in [6.07, 6.45) is 0.923. The first-order valence-electron chi connectivity index (χ1n) is 6.87. The summed E-state index contributed by atoms with van der Waals surface area (Å²) < 4.78 is 17.3. The smallest absolute Gasteiger partial charge is 0.532 e. The van der Waals surface area contributed by atoms with Crippen LogP contribution in [0, 0.1) is 0 Å². The minimum Gasteiger partial charge on any atom is -0.532 e. The van der Waals surface area contributed by atoms with Gasteiger partial charge in [0, 0.05) is 5.56 Å². The molecule has 0 N–H and O–H groups in total. The van der Waals surface area contributed by atoms with Crippen LogP contribution in [0.15, 0.2) is 48.5 Å². The second-order valence-corrected chi connectivity index (χ2v) is 4.80. The summed E-state index contributed by atoms with van der Waals surface area (Å²) in [7, 11) is 1.32. The van der Waals surface area contributed by atoms with Crippen LogP contribution >= 0.6 is 0 Å². The molecule has 1 aliphatic heterocycles. The van der Waals surface area contributed by atoms with Gasteiger partial charge in [0.25, 0.3) is 0 Å². The van der Waals surface area contributed by atoms with Gasteiger partial charge in [-0.1, -0.05) is 37.3 Å². The maximum Gasteiger partial charge on any atom is 0.563 e. The molecular weight excluding hydrogens is 251 g/mol. The first-order valence-corrected chi connectivity index (χ1v) is 6.87. The Morgan fingerprint density at radius 3 is 2.65 bits per heavy atom. The topological polar surface area (TPSA) is 27.7 Å². The highest BCUT2D eigenvalue weighted by Crippen LogP contribution is 2.37. The summed E-state index contributed by atoms with van der Waals surface area (Å²) >= 11 is 0. The quantitative estimate of drug-likeness (QED) is 0.801. The predicted octanol–water partition coefficient (Wildman–Crippen LogP) is 2.95. The van der Waals surface area contributed by atoms with Crippen molar-refractivity contribution in [3.63, 3.8) is 0 Å². The third kappa shape index (κ3) is 2.39. The van der Waals surface area contributed by atoms with Crippen LogP contribution in [0.2, 0.25) is 0 Å². The summed E-state index contributed by atoms with van der Waals surface area (Å²) in [5, 5.41) is 0. The molecule has 0 saturated carbocycles. The number of ether oxygens (including phenoxy) is 1. The summed E-state index contributed by atoms with van der Waals surface area (Å²) in [5.74, 6) is 1.70. The van der Waals surface area contributed by atoms with Gasteiger partial charge in [-0.05, 0) is 30.1 Å². The van der Waals surface area contributed by atoms with Crippen LogP contribution in [0.1, 0.15) is 25.0 Å². The van der Waals surface area contributed by atoms with Crippen LogP contribution in [0.4, 0.5) is 0 Å². The van der Waals surface area contributed by atoms with Crippen molar-refractivity contribution in [3.8, 4) is 11.5 Å². The number of rotatable bonds is 3. The second kappa shape index (κ2) is 5.59. The fourth-order valence-electron chi connectivity index (χ4n) is 2.45. The maximum atomic E-state index is 6.07. The van der Waals surface area contributed by atoms with Gasteiger partial charge in [0.2, 0.25) is 0 Å². The van der Waals surface area contributed by atoms with Crippen molar-refractivity contribution in [2.24, 2.45) is 0 Å². The van der Waals surface area contributed by atoms with Gasteiger partial charge in [-0.15, -0.1) is 0 Å². The monoisotopic (exact) mass is 268 g/mol. The van der Waals surface area contributed by atoms with Crippen molar-refractivity contribution in [2.75, 3.05) is 7.11 Å². The Bertz CT molecular complexity index is 586. The van der Waals surface area contributed by atoms with Crippen LogP contribution in [0.3, 0.4) is 0 Å². The molecule has 0 fully saturated rings. The zero-order valence-electron chi connectivity index (χ0n) is 11.7. The van der Waals surface area contributed by atoms with E-state index in [1.165, 1.54) is 0 Å². The molecule has 1 heterocycles. The largest absolute Gasteiger partial charge is 0.563 e. The van der Waals surface area contributed by atoms with Gasteiger partial charge < -0.3 is 14.0 Å². The SMILES string of the molecule is CCC1OB(c2ccccc2)Oc2ccc(OC)cc21. The molecule has 0 aliphatic carbocycles. The van der Waals surface area contributed by atoms with E-state index in [-0.39, 0.29) is 13.2 Å². The lowest BCUT2D eigenvalue weighted by atomic mass is 9.76. The molecule has 1 atom stereocenters. The zero-order chi connectivity index (χ0) is 13.9. The predicted molar refractivity (Wildman–Crippen MR) is 79.6 cm³/mol. The van der Waals surface area contributed by atoms with E-state index in [4.69, 9.17) is 14.0 Å². The number of fused-ring (bicyclic) bond motifs is 1. The van der Waals surface area contributed by atoms with E-state index >= 15 is 0 Å². The fraction of sp³-hybridized carbons (Fsp3) is 0.250. The molecule has 4 heteroatoms. The summed E-state index contributed by atoms with van der Waals surface area (Å²) in [5.41, 5.74) is 2.09. The highest BCUT2D eigenvalue weighted by atomic mass is 16.6. The Morgan fingerprint density at radius 2 is 1.95 bits per heavy atom. The lowest BCUT2D eigenvalue weighted by Crippen LogP contribution is -2.43. The van der Waals surface area contributed by atoms with Crippen molar-refractivity contribution in [2.45, 2.75) is 19.4 Å². The average Bonchev–Trinajstić information content (AvgIpc) is 2.54. The Balaban J connectivity index is 1.95. The minimum atomic E-state index is -0.345. The highest BCUT2D eigenvalue weighted by Gasteiger charge is 2.34. The standard InChI is InChI=1S/C16H17BO3/c1-3-15-14-11-13(18-2)9-10-16(14)20-17(19-15)12-7-5-4-6-8-12/h4-11,15H,3H2,1-2H3. The Labute approximate surface area is 119 Å². The third-order valence-electron chi connectivity index (χ3n) is 3.53. The number of hydrogen-bond donors (Lipinski definition) is 0. The fourth-order valence-corrected chi connectivity index (χ4v) is 2.45. The zero-order valence-corrected chi connectivity index (χ0v) is 11.7. The number of hydrogen-bond acceptors (Lipinski definition) is 3. The Morgan fingerprint density at radius 1 is 1.15 bits per heavy atom.